The molecule has 0 aliphatic carbocycles. The Kier molecular flexibility index (Phi) is 4.94. The van der Waals surface area contributed by atoms with Crippen LogP contribution in [0.15, 0.2) is 28.0 Å². The summed E-state index contributed by atoms with van der Waals surface area (Å²) in [6.07, 6.45) is 1.63. The van der Waals surface area contributed by atoms with Crippen LogP contribution >= 0.6 is 27.7 Å². The van der Waals surface area contributed by atoms with Crippen LogP contribution in [0.3, 0.4) is 0 Å². The number of aromatic nitrogens is 5. The maximum absolute atomic E-state index is 11.9. The van der Waals surface area contributed by atoms with E-state index in [1.807, 2.05) is 26.8 Å². The average molecular weight is 371 g/mol. The summed E-state index contributed by atoms with van der Waals surface area (Å²) in [5.41, 5.74) is -0.227. The lowest BCUT2D eigenvalue weighted by Crippen LogP contribution is -2.24. The van der Waals surface area contributed by atoms with Crippen molar-refractivity contribution >= 4 is 39.4 Å². The van der Waals surface area contributed by atoms with E-state index in [9.17, 15) is 4.79 Å². The second-order valence-corrected chi connectivity index (χ2v) is 7.10. The third kappa shape index (κ3) is 4.50. The van der Waals surface area contributed by atoms with E-state index in [2.05, 4.69) is 41.8 Å². The van der Waals surface area contributed by atoms with E-state index >= 15 is 0 Å². The Hall–Kier alpha value is -1.48. The first-order chi connectivity index (χ1) is 9.86. The Morgan fingerprint density at radius 1 is 1.43 bits per heavy atom. The Labute approximate surface area is 135 Å². The highest BCUT2D eigenvalue weighted by Gasteiger charge is 2.20. The summed E-state index contributed by atoms with van der Waals surface area (Å²) in [4.78, 5) is 16.0. The maximum Gasteiger partial charge on any atom is 0.236 e. The fraction of sp³-hybridized carbons (Fsp3) is 0.417. The molecule has 9 heteroatoms. The van der Waals surface area contributed by atoms with Crippen molar-refractivity contribution in [3.63, 3.8) is 0 Å². The number of carbonyl (C=O) groups is 1. The first-order valence-electron chi connectivity index (χ1n) is 6.19. The fourth-order valence-electron chi connectivity index (χ4n) is 1.45. The minimum atomic E-state index is -0.227. The van der Waals surface area contributed by atoms with Crippen molar-refractivity contribution in [2.75, 3.05) is 11.1 Å². The topological polar surface area (TPSA) is 85.6 Å². The van der Waals surface area contributed by atoms with Gasteiger partial charge in [0.2, 0.25) is 11.1 Å². The number of rotatable bonds is 4. The number of hydrogen-bond acceptors (Lipinski definition) is 6. The van der Waals surface area contributed by atoms with Gasteiger partial charge in [-0.15, -0.1) is 5.10 Å². The van der Waals surface area contributed by atoms with Gasteiger partial charge in [0.05, 0.1) is 11.3 Å². The second kappa shape index (κ2) is 6.52. The van der Waals surface area contributed by atoms with Gasteiger partial charge in [-0.1, -0.05) is 11.8 Å². The van der Waals surface area contributed by atoms with Crippen LogP contribution in [0, 0.1) is 0 Å². The zero-order valence-corrected chi connectivity index (χ0v) is 14.3. The van der Waals surface area contributed by atoms with Gasteiger partial charge in [-0.25, -0.2) is 9.67 Å². The number of carbonyl (C=O) groups excluding carboxylic acids is 1. The predicted molar refractivity (Wildman–Crippen MR) is 84.1 cm³/mol. The molecule has 0 spiro atoms. The van der Waals surface area contributed by atoms with Gasteiger partial charge >= 0.3 is 0 Å². The number of halogens is 1. The lowest BCUT2D eigenvalue weighted by Gasteiger charge is -2.19. The van der Waals surface area contributed by atoms with Gasteiger partial charge in [0.15, 0.2) is 0 Å². The number of hydrogen-bond donors (Lipinski definition) is 1. The molecule has 2 aromatic rings. The predicted octanol–water partition coefficient (Wildman–Crippen LogP) is 2.32. The molecule has 1 N–H and O–H groups in total. The third-order valence-electron chi connectivity index (χ3n) is 2.40. The number of tetrazole rings is 1. The van der Waals surface area contributed by atoms with Gasteiger partial charge in [0.1, 0.15) is 5.82 Å². The molecular weight excluding hydrogens is 356 g/mol. The average Bonchev–Trinajstić information content (AvgIpc) is 2.87. The molecule has 0 atom stereocenters. The molecule has 21 heavy (non-hydrogen) atoms. The molecule has 0 aliphatic rings. The van der Waals surface area contributed by atoms with Crippen molar-refractivity contribution in [2.45, 2.75) is 31.5 Å². The van der Waals surface area contributed by atoms with E-state index in [-0.39, 0.29) is 17.2 Å². The summed E-state index contributed by atoms with van der Waals surface area (Å²) in [6.45, 7) is 6.00. The number of pyridine rings is 1. The molecule has 0 saturated heterocycles. The number of nitrogens with zero attached hydrogens (tertiary/aromatic N) is 5. The first kappa shape index (κ1) is 15.9. The maximum atomic E-state index is 11.9. The molecule has 2 heterocycles. The summed E-state index contributed by atoms with van der Waals surface area (Å²) in [5, 5.41) is 14.9. The summed E-state index contributed by atoms with van der Waals surface area (Å²) in [7, 11) is 0. The Morgan fingerprint density at radius 3 is 2.81 bits per heavy atom. The van der Waals surface area contributed by atoms with Crippen LogP contribution in [-0.4, -0.2) is 36.9 Å². The van der Waals surface area contributed by atoms with Crippen LogP contribution in [0.1, 0.15) is 20.8 Å². The van der Waals surface area contributed by atoms with Gasteiger partial charge in [-0.05, 0) is 59.3 Å². The normalized spacial score (nSPS) is 11.4. The molecule has 0 saturated carbocycles. The molecule has 0 radical (unpaired) electrons. The lowest BCUT2D eigenvalue weighted by atomic mass is 10.1. The number of nitrogens with one attached hydrogen (secondary N) is 1. The van der Waals surface area contributed by atoms with E-state index < -0.39 is 0 Å². The highest BCUT2D eigenvalue weighted by Crippen LogP contribution is 2.21. The van der Waals surface area contributed by atoms with Crippen molar-refractivity contribution in [3.05, 3.63) is 22.8 Å². The van der Waals surface area contributed by atoms with Gasteiger partial charge in [-0.3, -0.25) is 4.79 Å². The third-order valence-corrected chi connectivity index (χ3v) is 3.79. The fourth-order valence-corrected chi connectivity index (χ4v) is 2.54. The quantitative estimate of drug-likeness (QED) is 0.831. The molecule has 2 rings (SSSR count). The minimum absolute atomic E-state index is 0.154. The van der Waals surface area contributed by atoms with Crippen LogP contribution in [0.5, 0.6) is 0 Å². The lowest BCUT2D eigenvalue weighted by molar-refractivity contribution is -0.113. The minimum Gasteiger partial charge on any atom is -0.310 e. The highest BCUT2D eigenvalue weighted by atomic mass is 79.9. The molecule has 1 amide bonds. The van der Waals surface area contributed by atoms with E-state index in [4.69, 9.17) is 0 Å². The van der Waals surface area contributed by atoms with Gasteiger partial charge in [0.25, 0.3) is 0 Å². The van der Waals surface area contributed by atoms with Crippen LogP contribution in [-0.2, 0) is 10.3 Å². The van der Waals surface area contributed by atoms with Crippen molar-refractivity contribution in [1.29, 1.82) is 0 Å². The number of amides is 1. The zero-order chi connectivity index (χ0) is 15.5. The Morgan fingerprint density at radius 2 is 2.19 bits per heavy atom. The molecule has 7 nitrogen and oxygen atoms in total. The summed E-state index contributed by atoms with van der Waals surface area (Å²) in [5.74, 6) is 0.575. The Bertz CT molecular complexity index is 621. The number of thioether (sulfide) groups is 1. The smallest absolute Gasteiger partial charge is 0.236 e. The van der Waals surface area contributed by atoms with Crippen molar-refractivity contribution in [1.82, 2.24) is 25.2 Å². The highest BCUT2D eigenvalue weighted by molar-refractivity contribution is 9.10. The van der Waals surface area contributed by atoms with E-state index in [1.165, 1.54) is 11.8 Å². The molecule has 112 valence electrons. The van der Waals surface area contributed by atoms with E-state index in [1.54, 1.807) is 16.9 Å². The van der Waals surface area contributed by atoms with Crippen molar-refractivity contribution in [3.8, 4) is 0 Å². The molecule has 0 unspecified atom stereocenters. The molecule has 0 aliphatic heterocycles. The second-order valence-electron chi connectivity index (χ2n) is 5.24. The molecule has 0 aromatic carbocycles. The van der Waals surface area contributed by atoms with E-state index in [0.717, 1.165) is 4.47 Å². The summed E-state index contributed by atoms with van der Waals surface area (Å²) in [6, 6.07) is 3.54. The molecule has 2 aromatic heterocycles. The van der Waals surface area contributed by atoms with Crippen LogP contribution in [0.25, 0.3) is 0 Å². The van der Waals surface area contributed by atoms with Gasteiger partial charge in [-0.2, -0.15) is 0 Å². The van der Waals surface area contributed by atoms with Crippen LogP contribution in [0.2, 0.25) is 0 Å². The van der Waals surface area contributed by atoms with Crippen molar-refractivity contribution < 1.29 is 4.79 Å². The molecule has 0 bridgehead atoms. The van der Waals surface area contributed by atoms with Gasteiger partial charge in [0, 0.05) is 10.7 Å². The van der Waals surface area contributed by atoms with Gasteiger partial charge < -0.3 is 5.32 Å². The monoisotopic (exact) mass is 370 g/mol. The van der Waals surface area contributed by atoms with Crippen LogP contribution < -0.4 is 5.32 Å². The van der Waals surface area contributed by atoms with Crippen molar-refractivity contribution in [2.24, 2.45) is 0 Å². The standard InChI is InChI=1S/C12H15BrN6OS/c1-12(2,3)19-11(16-17-18-19)21-7-10(20)15-9-5-4-8(13)6-14-9/h4-6H,7H2,1-3H3,(H,14,15,20). The molecule has 0 fully saturated rings. The molecular formula is C12H15BrN6OS. The largest absolute Gasteiger partial charge is 0.310 e. The summed E-state index contributed by atoms with van der Waals surface area (Å²) < 4.78 is 2.56. The van der Waals surface area contributed by atoms with Crippen LogP contribution in [0.4, 0.5) is 5.82 Å². The Balaban J connectivity index is 1.93. The zero-order valence-electron chi connectivity index (χ0n) is 11.9. The first-order valence-corrected chi connectivity index (χ1v) is 7.97. The summed E-state index contributed by atoms with van der Waals surface area (Å²) >= 11 is 4.58. The van der Waals surface area contributed by atoms with E-state index in [0.29, 0.717) is 11.0 Å². The SMILES string of the molecule is CC(C)(C)n1nnnc1SCC(=O)Nc1ccc(Br)cn1. The number of anilines is 1.